The number of benzene rings is 3. The minimum absolute atomic E-state index is 0.240. The first-order valence-electron chi connectivity index (χ1n) is 11.5. The topological polar surface area (TPSA) is 57.5 Å². The fourth-order valence-corrected chi connectivity index (χ4v) is 4.79. The molecule has 2 N–H and O–H groups in total. The average molecular weight is 444 g/mol. The molecule has 0 fully saturated rings. The molecule has 0 unspecified atom stereocenters. The number of para-hydroxylation sites is 1. The Bertz CT molecular complexity index is 1310. The molecule has 0 aliphatic heterocycles. The molecule has 4 aromatic rings. The van der Waals surface area contributed by atoms with Gasteiger partial charge in [-0.3, -0.25) is 0 Å². The molecule has 0 bridgehead atoms. The van der Waals surface area contributed by atoms with Crippen molar-refractivity contribution in [2.45, 2.75) is 52.8 Å². The van der Waals surface area contributed by atoms with Gasteiger partial charge in [0.25, 0.3) is 0 Å². The maximum Gasteiger partial charge on any atom is 0.321 e. The molecule has 2 atom stereocenters. The number of carbonyl (C=O) groups is 1. The van der Waals surface area contributed by atoms with E-state index in [-0.39, 0.29) is 12.1 Å². The summed E-state index contributed by atoms with van der Waals surface area (Å²) >= 11 is 0. The predicted octanol–water partition coefficient (Wildman–Crippen LogP) is 6.58. The van der Waals surface area contributed by atoms with Gasteiger partial charge in [0.1, 0.15) is 0 Å². The molecule has 4 rings (SSSR count). The highest BCUT2D eigenvalue weighted by Gasteiger charge is 2.25. The van der Waals surface area contributed by atoms with E-state index in [4.69, 9.17) is 0 Å². The Labute approximate surface area is 195 Å². The van der Waals surface area contributed by atoms with Crippen molar-refractivity contribution in [1.29, 1.82) is 0 Å². The largest absolute Gasteiger partial charge is 0.386 e. The fraction of sp³-hybridized carbons (Fsp3) is 0.321. The fourth-order valence-electron chi connectivity index (χ4n) is 4.79. The number of nitrogens with one attached hydrogen (secondary N) is 1. The lowest BCUT2D eigenvalue weighted by molar-refractivity contribution is 0.0894. The number of nitrogens with zero attached hydrogens (tertiary/aromatic N) is 2. The van der Waals surface area contributed by atoms with Gasteiger partial charge in [-0.05, 0) is 63.4 Å². The Balaban J connectivity index is 1.70. The second-order valence-corrected chi connectivity index (χ2v) is 9.21. The molecular formula is C28H33N3O2. The molecule has 1 aromatic heterocycles. The number of rotatable bonds is 5. The van der Waals surface area contributed by atoms with Crippen LogP contribution in [0.25, 0.3) is 21.8 Å². The van der Waals surface area contributed by atoms with Gasteiger partial charge in [0.05, 0.1) is 17.7 Å². The Hall–Kier alpha value is -3.31. The summed E-state index contributed by atoms with van der Waals surface area (Å²) in [4.78, 5) is 14.8. The van der Waals surface area contributed by atoms with Gasteiger partial charge in [0.15, 0.2) is 0 Å². The Kier molecular flexibility index (Phi) is 6.17. The second kappa shape index (κ2) is 8.91. The van der Waals surface area contributed by atoms with Crippen LogP contribution in [0.3, 0.4) is 0 Å². The molecule has 0 spiro atoms. The number of hydrogen-bond donors (Lipinski definition) is 2. The molecule has 5 heteroatoms. The lowest BCUT2D eigenvalue weighted by Crippen LogP contribution is -2.41. The van der Waals surface area contributed by atoms with E-state index in [0.29, 0.717) is 6.04 Å². The number of urea groups is 1. The highest BCUT2D eigenvalue weighted by Crippen LogP contribution is 2.38. The first kappa shape index (κ1) is 22.9. The van der Waals surface area contributed by atoms with E-state index in [1.54, 1.807) is 11.9 Å². The standard InChI is InChI=1S/C28H33N3O2/c1-17(2)31-23-15-11-10-14-22(23)25-19(4)26(18(3)16-24(25)31)29-28(33)30(6)20(5)27(32)21-12-8-7-9-13-21/h7-17,20,27,32H,1-6H3,(H,29,33)/t20-,27-/m1/s1. The van der Waals surface area contributed by atoms with E-state index in [0.717, 1.165) is 22.4 Å². The molecule has 5 nitrogen and oxygen atoms in total. The summed E-state index contributed by atoms with van der Waals surface area (Å²) in [5, 5.41) is 16.3. The van der Waals surface area contributed by atoms with Gasteiger partial charge < -0.3 is 19.9 Å². The lowest BCUT2D eigenvalue weighted by Gasteiger charge is -2.30. The van der Waals surface area contributed by atoms with E-state index < -0.39 is 6.10 Å². The SMILES string of the molecule is Cc1cc2c(c(C)c1NC(=O)N(C)[C@H](C)[C@@H](O)c1ccccc1)c1ccccc1n2C(C)C. The van der Waals surface area contributed by atoms with E-state index >= 15 is 0 Å². The van der Waals surface area contributed by atoms with Crippen LogP contribution in [-0.4, -0.2) is 33.7 Å². The van der Waals surface area contributed by atoms with Crippen LogP contribution in [0.15, 0.2) is 60.7 Å². The van der Waals surface area contributed by atoms with Gasteiger partial charge in [0, 0.05) is 35.1 Å². The summed E-state index contributed by atoms with van der Waals surface area (Å²) in [6.45, 7) is 10.4. The van der Waals surface area contributed by atoms with Crippen molar-refractivity contribution in [3.05, 3.63) is 77.4 Å². The number of likely N-dealkylation sites (N-methyl/N-ethyl adjacent to an activating group) is 1. The van der Waals surface area contributed by atoms with Gasteiger partial charge in [-0.15, -0.1) is 0 Å². The number of aromatic nitrogens is 1. The summed E-state index contributed by atoms with van der Waals surface area (Å²) in [5.74, 6) is 0. The van der Waals surface area contributed by atoms with E-state index in [2.05, 4.69) is 61.0 Å². The third-order valence-corrected chi connectivity index (χ3v) is 6.72. The van der Waals surface area contributed by atoms with Crippen molar-refractivity contribution >= 4 is 33.5 Å². The number of fused-ring (bicyclic) bond motifs is 3. The Morgan fingerprint density at radius 3 is 2.27 bits per heavy atom. The number of anilines is 1. The minimum atomic E-state index is -0.768. The van der Waals surface area contributed by atoms with Crippen LogP contribution in [0.4, 0.5) is 10.5 Å². The van der Waals surface area contributed by atoms with Crippen LogP contribution in [0.5, 0.6) is 0 Å². The molecule has 2 amide bonds. The predicted molar refractivity (Wildman–Crippen MR) is 137 cm³/mol. The minimum Gasteiger partial charge on any atom is -0.386 e. The lowest BCUT2D eigenvalue weighted by atomic mass is 10.0. The van der Waals surface area contributed by atoms with Crippen LogP contribution in [0.1, 0.15) is 49.6 Å². The van der Waals surface area contributed by atoms with Gasteiger partial charge in [-0.2, -0.15) is 0 Å². The second-order valence-electron chi connectivity index (χ2n) is 9.21. The van der Waals surface area contributed by atoms with Crippen LogP contribution in [0, 0.1) is 13.8 Å². The maximum absolute atomic E-state index is 13.2. The van der Waals surface area contributed by atoms with Gasteiger partial charge >= 0.3 is 6.03 Å². The molecule has 33 heavy (non-hydrogen) atoms. The molecule has 0 saturated carbocycles. The molecule has 0 radical (unpaired) electrons. The van der Waals surface area contributed by atoms with Gasteiger partial charge in [0.2, 0.25) is 0 Å². The third kappa shape index (κ3) is 3.98. The zero-order valence-electron chi connectivity index (χ0n) is 20.3. The Morgan fingerprint density at radius 2 is 1.61 bits per heavy atom. The quantitative estimate of drug-likeness (QED) is 0.366. The highest BCUT2D eigenvalue weighted by molar-refractivity contribution is 6.12. The molecular weight excluding hydrogens is 410 g/mol. The number of aliphatic hydroxyl groups is 1. The smallest absolute Gasteiger partial charge is 0.321 e. The monoisotopic (exact) mass is 443 g/mol. The van der Waals surface area contributed by atoms with Crippen LogP contribution < -0.4 is 5.32 Å². The average Bonchev–Trinajstić information content (AvgIpc) is 3.14. The van der Waals surface area contributed by atoms with Crippen molar-refractivity contribution in [1.82, 2.24) is 9.47 Å². The van der Waals surface area contributed by atoms with Crippen LogP contribution in [0.2, 0.25) is 0 Å². The van der Waals surface area contributed by atoms with Crippen molar-refractivity contribution in [3.63, 3.8) is 0 Å². The zero-order chi connectivity index (χ0) is 23.9. The van der Waals surface area contributed by atoms with Crippen molar-refractivity contribution in [2.24, 2.45) is 0 Å². The van der Waals surface area contributed by atoms with Crippen molar-refractivity contribution in [3.8, 4) is 0 Å². The van der Waals surface area contributed by atoms with E-state index in [1.807, 2.05) is 44.2 Å². The summed E-state index contributed by atoms with van der Waals surface area (Å²) in [6, 6.07) is 19.7. The number of carbonyl (C=O) groups excluding carboxylic acids is 1. The molecule has 1 heterocycles. The van der Waals surface area contributed by atoms with Crippen LogP contribution >= 0.6 is 0 Å². The molecule has 172 valence electrons. The van der Waals surface area contributed by atoms with Crippen LogP contribution in [-0.2, 0) is 0 Å². The number of amides is 2. The molecule has 0 aliphatic carbocycles. The Morgan fingerprint density at radius 1 is 0.970 bits per heavy atom. The summed E-state index contributed by atoms with van der Waals surface area (Å²) in [6.07, 6.45) is -0.768. The maximum atomic E-state index is 13.2. The third-order valence-electron chi connectivity index (χ3n) is 6.72. The number of aryl methyl sites for hydroxylation is 2. The van der Waals surface area contributed by atoms with E-state index in [1.165, 1.54) is 21.8 Å². The summed E-state index contributed by atoms with van der Waals surface area (Å²) < 4.78 is 2.36. The van der Waals surface area contributed by atoms with Gasteiger partial charge in [-0.1, -0.05) is 48.5 Å². The summed E-state index contributed by atoms with van der Waals surface area (Å²) in [5.41, 5.74) is 6.07. The first-order chi connectivity index (χ1) is 15.7. The normalized spacial score (nSPS) is 13.5. The highest BCUT2D eigenvalue weighted by atomic mass is 16.3. The first-order valence-corrected chi connectivity index (χ1v) is 11.5. The molecule has 3 aromatic carbocycles. The molecule has 0 aliphatic rings. The van der Waals surface area contributed by atoms with Gasteiger partial charge in [-0.25, -0.2) is 4.79 Å². The summed E-state index contributed by atoms with van der Waals surface area (Å²) in [7, 11) is 1.72. The van der Waals surface area contributed by atoms with Crippen molar-refractivity contribution in [2.75, 3.05) is 12.4 Å². The molecule has 0 saturated heterocycles. The van der Waals surface area contributed by atoms with E-state index in [9.17, 15) is 9.90 Å². The number of hydrogen-bond acceptors (Lipinski definition) is 2. The van der Waals surface area contributed by atoms with Crippen molar-refractivity contribution < 1.29 is 9.90 Å². The zero-order valence-corrected chi connectivity index (χ0v) is 20.3. The number of aliphatic hydroxyl groups excluding tert-OH is 1.